The lowest BCUT2D eigenvalue weighted by Crippen LogP contribution is -2.38. The van der Waals surface area contributed by atoms with Crippen LogP contribution in [0, 0.1) is 0 Å². The molecule has 0 atom stereocenters. The summed E-state index contributed by atoms with van der Waals surface area (Å²) < 4.78 is 25.6. The van der Waals surface area contributed by atoms with Crippen molar-refractivity contribution in [3.8, 4) is 0 Å². The number of nitrogens with zero attached hydrogens (tertiary/aromatic N) is 2. The largest absolute Gasteiger partial charge is 0.396 e. The third-order valence-corrected chi connectivity index (χ3v) is 4.17. The second-order valence-electron chi connectivity index (χ2n) is 3.70. The molecule has 1 heterocycles. The van der Waals surface area contributed by atoms with Crippen molar-refractivity contribution in [2.24, 2.45) is 0 Å². The Morgan fingerprint density at radius 1 is 1.56 bits per heavy atom. The quantitative estimate of drug-likeness (QED) is 0.751. The molecule has 0 bridgehead atoms. The van der Waals surface area contributed by atoms with Crippen molar-refractivity contribution in [3.05, 3.63) is 12.5 Å². The fourth-order valence-corrected chi connectivity index (χ4v) is 2.97. The molecule has 1 aromatic rings. The van der Waals surface area contributed by atoms with Gasteiger partial charge in [-0.25, -0.2) is 13.4 Å². The number of aromatic nitrogens is 2. The fourth-order valence-electron chi connectivity index (χ4n) is 1.39. The maximum absolute atomic E-state index is 12.1. The molecular formula is C9H17N3O3S. The molecule has 1 rings (SSSR count). The summed E-state index contributed by atoms with van der Waals surface area (Å²) in [4.78, 5) is 6.29. The van der Waals surface area contributed by atoms with Gasteiger partial charge in [-0.3, -0.25) is 0 Å². The molecule has 0 amide bonds. The van der Waals surface area contributed by atoms with Crippen molar-refractivity contribution in [3.63, 3.8) is 0 Å². The molecular weight excluding hydrogens is 230 g/mol. The number of imidazole rings is 1. The first-order valence-corrected chi connectivity index (χ1v) is 6.55. The number of H-pyrrole nitrogens is 1. The lowest BCUT2D eigenvalue weighted by molar-refractivity contribution is 0.258. The van der Waals surface area contributed by atoms with Gasteiger partial charge in [0.25, 0.3) is 10.0 Å². The van der Waals surface area contributed by atoms with Crippen LogP contribution in [-0.4, -0.2) is 47.0 Å². The van der Waals surface area contributed by atoms with E-state index in [4.69, 9.17) is 5.11 Å². The molecule has 0 fully saturated rings. The summed E-state index contributed by atoms with van der Waals surface area (Å²) in [5.41, 5.74) is 0. The van der Waals surface area contributed by atoms with Gasteiger partial charge in [0, 0.05) is 19.2 Å². The molecule has 0 saturated carbocycles. The number of hydrogen-bond acceptors (Lipinski definition) is 4. The second kappa shape index (κ2) is 5.42. The minimum absolute atomic E-state index is 0.0261. The first-order valence-electron chi connectivity index (χ1n) is 5.11. The summed E-state index contributed by atoms with van der Waals surface area (Å²) in [6.07, 6.45) is 3.03. The highest BCUT2D eigenvalue weighted by molar-refractivity contribution is 7.89. The Kier molecular flexibility index (Phi) is 4.45. The predicted molar refractivity (Wildman–Crippen MR) is 59.3 cm³/mol. The van der Waals surface area contributed by atoms with Gasteiger partial charge >= 0.3 is 0 Å². The number of aliphatic hydroxyl groups excluding tert-OH is 1. The summed E-state index contributed by atoms with van der Waals surface area (Å²) in [6.45, 7) is 3.87. The Labute approximate surface area is 95.4 Å². The van der Waals surface area contributed by atoms with Gasteiger partial charge in [0.2, 0.25) is 0 Å². The zero-order valence-corrected chi connectivity index (χ0v) is 10.2. The summed E-state index contributed by atoms with van der Waals surface area (Å²) in [7, 11) is -3.53. The smallest absolute Gasteiger partial charge is 0.260 e. The van der Waals surface area contributed by atoms with Crippen molar-refractivity contribution in [1.82, 2.24) is 14.3 Å². The first-order chi connectivity index (χ1) is 7.50. The van der Waals surface area contributed by atoms with Crippen LogP contribution >= 0.6 is 0 Å². The van der Waals surface area contributed by atoms with E-state index in [1.165, 1.54) is 16.8 Å². The fraction of sp³-hybridized carbons (Fsp3) is 0.667. The van der Waals surface area contributed by atoms with Crippen molar-refractivity contribution >= 4 is 10.0 Å². The van der Waals surface area contributed by atoms with Crippen molar-refractivity contribution < 1.29 is 13.5 Å². The van der Waals surface area contributed by atoms with Gasteiger partial charge in [-0.1, -0.05) is 0 Å². The number of nitrogens with one attached hydrogen (secondary N) is 1. The Bertz CT molecular complexity index is 400. The molecule has 0 aliphatic rings. The van der Waals surface area contributed by atoms with E-state index < -0.39 is 10.0 Å². The third kappa shape index (κ3) is 2.81. The van der Waals surface area contributed by atoms with Crippen LogP contribution in [0.2, 0.25) is 0 Å². The molecule has 0 radical (unpaired) electrons. The minimum atomic E-state index is -3.53. The van der Waals surface area contributed by atoms with Crippen LogP contribution in [0.4, 0.5) is 0 Å². The molecule has 16 heavy (non-hydrogen) atoms. The average molecular weight is 247 g/mol. The summed E-state index contributed by atoms with van der Waals surface area (Å²) in [5, 5.41) is 8.83. The van der Waals surface area contributed by atoms with E-state index in [9.17, 15) is 8.42 Å². The average Bonchev–Trinajstić information content (AvgIpc) is 2.70. The number of aromatic amines is 1. The van der Waals surface area contributed by atoms with Crippen LogP contribution in [0.1, 0.15) is 20.3 Å². The van der Waals surface area contributed by atoms with Gasteiger partial charge < -0.3 is 10.1 Å². The molecule has 0 spiro atoms. The minimum Gasteiger partial charge on any atom is -0.396 e. The standard InChI is InChI=1S/C9H17N3O3S/c1-8(2)12(4-3-5-13)16(14,15)9-6-10-7-11-9/h6-8,13H,3-5H2,1-2H3,(H,10,11). The maximum Gasteiger partial charge on any atom is 0.260 e. The molecule has 92 valence electrons. The van der Waals surface area contributed by atoms with Crippen LogP contribution in [-0.2, 0) is 10.0 Å². The molecule has 0 aliphatic heterocycles. The predicted octanol–water partition coefficient (Wildman–Crippen LogP) is 0.191. The summed E-state index contributed by atoms with van der Waals surface area (Å²) >= 11 is 0. The molecule has 1 aromatic heterocycles. The molecule has 6 nitrogen and oxygen atoms in total. The van der Waals surface area contributed by atoms with Crippen LogP contribution < -0.4 is 0 Å². The van der Waals surface area contributed by atoms with Crippen molar-refractivity contribution in [1.29, 1.82) is 0 Å². The highest BCUT2D eigenvalue weighted by Crippen LogP contribution is 2.15. The van der Waals surface area contributed by atoms with Gasteiger partial charge in [0.1, 0.15) is 0 Å². The van der Waals surface area contributed by atoms with E-state index in [0.29, 0.717) is 13.0 Å². The van der Waals surface area contributed by atoms with Gasteiger partial charge in [-0.2, -0.15) is 4.31 Å². The van der Waals surface area contributed by atoms with Crippen LogP contribution in [0.3, 0.4) is 0 Å². The van der Waals surface area contributed by atoms with Crippen molar-refractivity contribution in [2.75, 3.05) is 13.2 Å². The van der Waals surface area contributed by atoms with E-state index >= 15 is 0 Å². The maximum atomic E-state index is 12.1. The van der Waals surface area contributed by atoms with Gasteiger partial charge in [-0.15, -0.1) is 0 Å². The number of sulfonamides is 1. The van der Waals surface area contributed by atoms with E-state index in [0.717, 1.165) is 0 Å². The second-order valence-corrected chi connectivity index (χ2v) is 5.56. The number of aliphatic hydroxyl groups is 1. The molecule has 0 aliphatic carbocycles. The van der Waals surface area contributed by atoms with E-state index in [1.807, 2.05) is 0 Å². The Morgan fingerprint density at radius 3 is 2.69 bits per heavy atom. The monoisotopic (exact) mass is 247 g/mol. The van der Waals surface area contributed by atoms with Crippen molar-refractivity contribution in [2.45, 2.75) is 31.3 Å². The number of hydrogen-bond donors (Lipinski definition) is 2. The molecule has 2 N–H and O–H groups in total. The molecule has 7 heteroatoms. The Hall–Kier alpha value is -0.920. The lowest BCUT2D eigenvalue weighted by Gasteiger charge is -2.24. The topological polar surface area (TPSA) is 86.3 Å². The zero-order valence-electron chi connectivity index (χ0n) is 9.42. The van der Waals surface area contributed by atoms with Gasteiger partial charge in [0.05, 0.1) is 12.5 Å². The first kappa shape index (κ1) is 13.1. The van der Waals surface area contributed by atoms with Crippen LogP contribution in [0.15, 0.2) is 17.6 Å². The molecule has 0 saturated heterocycles. The highest BCUT2D eigenvalue weighted by atomic mass is 32.2. The van der Waals surface area contributed by atoms with E-state index in [-0.39, 0.29) is 17.7 Å². The van der Waals surface area contributed by atoms with Crippen LogP contribution in [0.25, 0.3) is 0 Å². The Balaban J connectivity index is 2.94. The SMILES string of the molecule is CC(C)N(CCCO)S(=O)(=O)c1cnc[nH]1. The number of rotatable bonds is 6. The summed E-state index contributed by atoms with van der Waals surface area (Å²) in [5.74, 6) is 0. The molecule has 0 aromatic carbocycles. The summed E-state index contributed by atoms with van der Waals surface area (Å²) in [6, 6.07) is -0.153. The van der Waals surface area contributed by atoms with E-state index in [1.54, 1.807) is 13.8 Å². The lowest BCUT2D eigenvalue weighted by atomic mass is 10.3. The zero-order chi connectivity index (χ0) is 12.2. The van der Waals surface area contributed by atoms with Crippen LogP contribution in [0.5, 0.6) is 0 Å². The highest BCUT2D eigenvalue weighted by Gasteiger charge is 2.27. The van der Waals surface area contributed by atoms with E-state index in [2.05, 4.69) is 9.97 Å². The van der Waals surface area contributed by atoms with Gasteiger partial charge in [0.15, 0.2) is 5.03 Å². The third-order valence-electron chi connectivity index (χ3n) is 2.17. The molecule has 0 unspecified atom stereocenters. The normalized spacial score (nSPS) is 12.6. The van der Waals surface area contributed by atoms with Gasteiger partial charge in [-0.05, 0) is 20.3 Å². The Morgan fingerprint density at radius 2 is 2.25 bits per heavy atom.